The van der Waals surface area contributed by atoms with Crippen LogP contribution in [0.15, 0.2) is 22.7 Å². The van der Waals surface area contributed by atoms with Crippen LogP contribution in [-0.2, 0) is 13.0 Å². The lowest BCUT2D eigenvalue weighted by Gasteiger charge is -2.55. The number of benzene rings is 1. The summed E-state index contributed by atoms with van der Waals surface area (Å²) in [4.78, 5) is 6.72. The number of nitrogens with one attached hydrogen (secondary N) is 1. The number of piperidine rings is 1. The predicted molar refractivity (Wildman–Crippen MR) is 117 cm³/mol. The van der Waals surface area contributed by atoms with Crippen molar-refractivity contribution in [2.24, 2.45) is 11.7 Å². The number of anilines is 1. The van der Waals surface area contributed by atoms with Gasteiger partial charge >= 0.3 is 6.18 Å². The quantitative estimate of drug-likeness (QED) is 0.523. The van der Waals surface area contributed by atoms with Gasteiger partial charge in [-0.15, -0.1) is 11.3 Å². The Balaban J connectivity index is 1.41. The molecule has 5 atom stereocenters. The van der Waals surface area contributed by atoms with Crippen molar-refractivity contribution in [2.75, 3.05) is 11.9 Å². The Labute approximate surface area is 191 Å². The van der Waals surface area contributed by atoms with E-state index in [4.69, 9.17) is 10.3 Å². The third-order valence-electron chi connectivity index (χ3n) is 7.46. The number of thiophene rings is 1. The molecule has 0 spiro atoms. The van der Waals surface area contributed by atoms with E-state index < -0.39 is 18.8 Å². The van der Waals surface area contributed by atoms with E-state index in [1.54, 1.807) is 12.1 Å². The minimum absolute atomic E-state index is 0.00261. The summed E-state index contributed by atoms with van der Waals surface area (Å²) in [5.74, 6) is 0.403. The predicted octanol–water partition coefficient (Wildman–Crippen LogP) is 4.50. The highest BCUT2D eigenvalue weighted by atomic mass is 32.1. The minimum atomic E-state index is -4.41. The monoisotopic (exact) mass is 481 g/mol. The Kier molecular flexibility index (Phi) is 4.60. The molecule has 3 N–H and O–H groups in total. The fourth-order valence-corrected chi connectivity index (χ4v) is 7.30. The van der Waals surface area contributed by atoms with Gasteiger partial charge in [0.05, 0.1) is 34.3 Å². The smallest absolute Gasteiger partial charge is 0.378 e. The second-order valence-electron chi connectivity index (χ2n) is 9.60. The largest absolute Gasteiger partial charge is 0.393 e. The van der Waals surface area contributed by atoms with Gasteiger partial charge in [-0.25, -0.2) is 4.39 Å². The second-order valence-corrected chi connectivity index (χ2v) is 10.6. The highest BCUT2D eigenvalue weighted by Gasteiger charge is 2.64. The van der Waals surface area contributed by atoms with Gasteiger partial charge < -0.3 is 15.6 Å². The molecule has 0 amide bonds. The van der Waals surface area contributed by atoms with Gasteiger partial charge in [0.2, 0.25) is 11.7 Å². The van der Waals surface area contributed by atoms with E-state index in [0.717, 1.165) is 19.4 Å². The van der Waals surface area contributed by atoms with Crippen LogP contribution < -0.4 is 11.1 Å². The van der Waals surface area contributed by atoms with Gasteiger partial charge in [-0.1, -0.05) is 17.3 Å². The molecule has 0 aliphatic carbocycles. The van der Waals surface area contributed by atoms with Crippen LogP contribution in [0.3, 0.4) is 0 Å². The van der Waals surface area contributed by atoms with E-state index in [1.807, 2.05) is 6.07 Å². The van der Waals surface area contributed by atoms with Gasteiger partial charge in [-0.2, -0.15) is 18.2 Å². The zero-order valence-electron chi connectivity index (χ0n) is 17.8. The first-order valence-electron chi connectivity index (χ1n) is 11.0. The lowest BCUT2D eigenvalue weighted by molar-refractivity contribution is -0.126. The van der Waals surface area contributed by atoms with Crippen molar-refractivity contribution >= 4 is 27.1 Å². The highest BCUT2D eigenvalue weighted by molar-refractivity contribution is 7.23. The van der Waals surface area contributed by atoms with E-state index in [-0.39, 0.29) is 47.4 Å². The Bertz CT molecular complexity index is 1230. The third kappa shape index (κ3) is 3.27. The van der Waals surface area contributed by atoms with Gasteiger partial charge in [0.1, 0.15) is 6.17 Å². The summed E-state index contributed by atoms with van der Waals surface area (Å²) in [7, 11) is 0. The molecule has 33 heavy (non-hydrogen) atoms. The molecule has 3 aliphatic rings. The first-order valence-corrected chi connectivity index (χ1v) is 11.8. The fourth-order valence-electron chi connectivity index (χ4n) is 6.08. The number of hydrogen-bond donors (Lipinski definition) is 2. The van der Waals surface area contributed by atoms with Crippen molar-refractivity contribution in [3.05, 3.63) is 29.7 Å². The Morgan fingerprint density at radius 2 is 2.15 bits per heavy atom. The molecule has 0 saturated carbocycles. The molecular weight excluding hydrogens is 458 g/mol. The maximum atomic E-state index is 15.4. The zero-order valence-corrected chi connectivity index (χ0v) is 18.6. The molecule has 1 aromatic carbocycles. The maximum absolute atomic E-state index is 15.4. The minimum Gasteiger partial charge on any atom is -0.378 e. The molecule has 0 radical (unpaired) electrons. The van der Waals surface area contributed by atoms with Crippen LogP contribution in [0.2, 0.25) is 0 Å². The lowest BCUT2D eigenvalue weighted by atomic mass is 9.80. The molecule has 3 saturated heterocycles. The summed E-state index contributed by atoms with van der Waals surface area (Å²) < 4.78 is 61.5. The summed E-state index contributed by atoms with van der Waals surface area (Å²) in [6, 6.07) is 4.72. The van der Waals surface area contributed by atoms with Crippen molar-refractivity contribution < 1.29 is 22.1 Å². The van der Waals surface area contributed by atoms with Crippen molar-refractivity contribution in [1.82, 2.24) is 15.0 Å². The van der Waals surface area contributed by atoms with Gasteiger partial charge in [0.15, 0.2) is 0 Å². The van der Waals surface area contributed by atoms with Gasteiger partial charge in [0.25, 0.3) is 0 Å². The van der Waals surface area contributed by atoms with E-state index in [1.165, 1.54) is 11.3 Å². The molecule has 11 heteroatoms. The van der Waals surface area contributed by atoms with Gasteiger partial charge in [0, 0.05) is 18.1 Å². The summed E-state index contributed by atoms with van der Waals surface area (Å²) in [5.41, 5.74) is 6.35. The third-order valence-corrected chi connectivity index (χ3v) is 8.73. The number of aromatic nitrogens is 2. The van der Waals surface area contributed by atoms with E-state index >= 15 is 4.39 Å². The standard InChI is InChI=1S/C22H23F4N5OS/c1-21-5-10-9-31(21)14(7-21)16(23)17(10)28-13-4-2-3-11-12(6-22(24,25)26)19(33-18(11)13)20-29-15(8-27)32-30-20/h2-4,10,14,16-17,28H,5-9,27H2,1H3/t10-,14-,16+,17-,21?/m1/s1. The van der Waals surface area contributed by atoms with Crippen molar-refractivity contribution in [3.8, 4) is 10.7 Å². The number of fused-ring (bicyclic) bond motifs is 2. The van der Waals surface area contributed by atoms with Crippen molar-refractivity contribution in [3.63, 3.8) is 0 Å². The van der Waals surface area contributed by atoms with Gasteiger partial charge in [-0.3, -0.25) is 4.90 Å². The lowest BCUT2D eigenvalue weighted by Crippen LogP contribution is -2.67. The summed E-state index contributed by atoms with van der Waals surface area (Å²) in [5, 5.41) is 7.70. The molecule has 6 nitrogen and oxygen atoms in total. The van der Waals surface area contributed by atoms with Gasteiger partial charge in [-0.05, 0) is 42.7 Å². The van der Waals surface area contributed by atoms with E-state index in [9.17, 15) is 13.2 Å². The number of nitrogens with zero attached hydrogens (tertiary/aromatic N) is 3. The van der Waals surface area contributed by atoms with Crippen LogP contribution in [0, 0.1) is 5.92 Å². The topological polar surface area (TPSA) is 80.2 Å². The summed E-state index contributed by atoms with van der Waals surface area (Å²) >= 11 is 1.17. The molecular formula is C22H23F4N5OS. The molecule has 5 heterocycles. The molecule has 3 aliphatic heterocycles. The number of halogens is 4. The zero-order chi connectivity index (χ0) is 23.1. The van der Waals surface area contributed by atoms with Crippen LogP contribution in [0.25, 0.3) is 20.8 Å². The maximum Gasteiger partial charge on any atom is 0.393 e. The van der Waals surface area contributed by atoms with E-state index in [0.29, 0.717) is 20.7 Å². The number of alkyl halides is 4. The fraction of sp³-hybridized carbons (Fsp3) is 0.545. The number of rotatable bonds is 5. The Morgan fingerprint density at radius 3 is 2.88 bits per heavy atom. The average molecular weight is 482 g/mol. The first-order chi connectivity index (χ1) is 15.7. The van der Waals surface area contributed by atoms with Crippen LogP contribution in [0.1, 0.15) is 31.2 Å². The highest BCUT2D eigenvalue weighted by Crippen LogP contribution is 2.55. The average Bonchev–Trinajstić information content (AvgIpc) is 3.39. The molecule has 2 aromatic heterocycles. The SMILES string of the molecule is CC12C[C@@H]3CN1[C@H](C2)[C@H](F)[C@@H]3Nc1cccc2c(CC(F)(F)F)c(-c3noc(CN)n3)sc12. The molecule has 3 fully saturated rings. The Hall–Kier alpha value is -2.24. The molecule has 3 aromatic rings. The normalized spacial score (nSPS) is 31.2. The number of nitrogens with two attached hydrogens (primary N) is 1. The van der Waals surface area contributed by atoms with Crippen LogP contribution >= 0.6 is 11.3 Å². The molecule has 1 unspecified atom stereocenters. The summed E-state index contributed by atoms with van der Waals surface area (Å²) in [6.07, 6.45) is -4.77. The van der Waals surface area contributed by atoms with Crippen LogP contribution in [0.4, 0.5) is 23.2 Å². The van der Waals surface area contributed by atoms with Crippen LogP contribution in [-0.4, -0.2) is 51.6 Å². The Morgan fingerprint density at radius 1 is 1.33 bits per heavy atom. The first kappa shape index (κ1) is 21.3. The summed E-state index contributed by atoms with van der Waals surface area (Å²) in [6.45, 7) is 3.04. The molecule has 6 rings (SSSR count). The second kappa shape index (κ2) is 7.13. The molecule has 2 bridgehead atoms. The van der Waals surface area contributed by atoms with E-state index in [2.05, 4.69) is 27.3 Å². The van der Waals surface area contributed by atoms with Crippen molar-refractivity contribution in [1.29, 1.82) is 0 Å². The van der Waals surface area contributed by atoms with Crippen molar-refractivity contribution in [2.45, 2.75) is 62.7 Å². The molecule has 176 valence electrons. The van der Waals surface area contributed by atoms with Crippen LogP contribution in [0.5, 0.6) is 0 Å². The number of hydrogen-bond acceptors (Lipinski definition) is 7.